The van der Waals surface area contributed by atoms with E-state index in [4.69, 9.17) is 16.3 Å². The molecular weight excluding hydrogens is 374 g/mol. The number of thiophene rings is 1. The van der Waals surface area contributed by atoms with Gasteiger partial charge in [-0.3, -0.25) is 14.4 Å². The molecule has 0 atom stereocenters. The van der Waals surface area contributed by atoms with E-state index in [0.29, 0.717) is 15.8 Å². The van der Waals surface area contributed by atoms with Gasteiger partial charge in [0, 0.05) is 13.0 Å². The summed E-state index contributed by atoms with van der Waals surface area (Å²) in [5.74, 6) is -1.08. The molecule has 0 aliphatic heterocycles. The third-order valence-electron chi connectivity index (χ3n) is 3.58. The first-order chi connectivity index (χ1) is 12.5. The molecule has 0 saturated heterocycles. The van der Waals surface area contributed by atoms with Crippen molar-refractivity contribution in [1.82, 2.24) is 5.32 Å². The number of ketones is 1. The van der Waals surface area contributed by atoms with Gasteiger partial charge in [0.2, 0.25) is 0 Å². The van der Waals surface area contributed by atoms with Crippen LogP contribution >= 0.6 is 22.9 Å². The van der Waals surface area contributed by atoms with Crippen molar-refractivity contribution in [1.29, 1.82) is 0 Å². The molecule has 2 rings (SSSR count). The highest BCUT2D eigenvalue weighted by atomic mass is 35.5. The van der Waals surface area contributed by atoms with Crippen LogP contribution in [0.1, 0.15) is 34.5 Å². The van der Waals surface area contributed by atoms with Crippen LogP contribution in [0.25, 0.3) is 0 Å². The molecule has 0 fully saturated rings. The molecule has 26 heavy (non-hydrogen) atoms. The molecule has 138 valence electrons. The van der Waals surface area contributed by atoms with E-state index in [0.717, 1.165) is 12.8 Å². The Bertz CT molecular complexity index is 745. The Morgan fingerprint density at radius 1 is 1.04 bits per heavy atom. The third kappa shape index (κ3) is 7.37. The Labute approximate surface area is 161 Å². The molecule has 1 aromatic heterocycles. The normalized spacial score (nSPS) is 10.3. The lowest BCUT2D eigenvalue weighted by molar-refractivity contribution is -0.148. The molecule has 1 heterocycles. The molecule has 0 saturated carbocycles. The van der Waals surface area contributed by atoms with Crippen molar-refractivity contribution in [2.24, 2.45) is 0 Å². The fraction of sp³-hybridized carbons (Fsp3) is 0.316. The van der Waals surface area contributed by atoms with Crippen molar-refractivity contribution in [3.63, 3.8) is 0 Å². The molecule has 5 nitrogen and oxygen atoms in total. The Morgan fingerprint density at radius 2 is 1.81 bits per heavy atom. The SMILES string of the molecule is O=C(COC(=O)CCC(=O)c1ccc(Cl)s1)NCCCc1ccccc1. The van der Waals surface area contributed by atoms with Crippen molar-refractivity contribution in [2.45, 2.75) is 25.7 Å². The number of esters is 1. The number of carbonyl (C=O) groups is 3. The number of nitrogens with one attached hydrogen (secondary N) is 1. The number of rotatable bonds is 10. The maximum atomic E-state index is 11.9. The molecule has 2 aromatic rings. The van der Waals surface area contributed by atoms with Gasteiger partial charge in [-0.2, -0.15) is 0 Å². The number of amides is 1. The summed E-state index contributed by atoms with van der Waals surface area (Å²) in [7, 11) is 0. The number of hydrogen-bond acceptors (Lipinski definition) is 5. The number of carbonyl (C=O) groups excluding carboxylic acids is 3. The van der Waals surface area contributed by atoms with Gasteiger partial charge in [0.1, 0.15) is 0 Å². The van der Waals surface area contributed by atoms with E-state index in [1.54, 1.807) is 12.1 Å². The summed E-state index contributed by atoms with van der Waals surface area (Å²) in [6.07, 6.45) is 1.65. The molecule has 0 radical (unpaired) electrons. The zero-order valence-electron chi connectivity index (χ0n) is 14.2. The highest BCUT2D eigenvalue weighted by molar-refractivity contribution is 7.18. The van der Waals surface area contributed by atoms with Crippen LogP contribution in [0.2, 0.25) is 4.34 Å². The number of halogens is 1. The number of Topliss-reactive ketones (excluding diaryl/α,β-unsaturated/α-hetero) is 1. The highest BCUT2D eigenvalue weighted by Gasteiger charge is 2.13. The van der Waals surface area contributed by atoms with Crippen molar-refractivity contribution < 1.29 is 19.1 Å². The molecule has 0 aliphatic carbocycles. The van der Waals surface area contributed by atoms with Crippen LogP contribution in [-0.2, 0) is 20.7 Å². The zero-order valence-corrected chi connectivity index (χ0v) is 15.8. The van der Waals surface area contributed by atoms with Gasteiger partial charge in [0.05, 0.1) is 15.6 Å². The van der Waals surface area contributed by atoms with Crippen LogP contribution in [0.3, 0.4) is 0 Å². The molecule has 1 N–H and O–H groups in total. The monoisotopic (exact) mass is 393 g/mol. The summed E-state index contributed by atoms with van der Waals surface area (Å²) in [6, 6.07) is 13.3. The topological polar surface area (TPSA) is 72.5 Å². The second kappa shape index (κ2) is 10.7. The summed E-state index contributed by atoms with van der Waals surface area (Å²) >= 11 is 6.94. The predicted molar refractivity (Wildman–Crippen MR) is 102 cm³/mol. The minimum Gasteiger partial charge on any atom is -0.456 e. The van der Waals surface area contributed by atoms with Gasteiger partial charge in [0.15, 0.2) is 12.4 Å². The lowest BCUT2D eigenvalue weighted by atomic mass is 10.1. The first-order valence-corrected chi connectivity index (χ1v) is 9.49. The average Bonchev–Trinajstić information content (AvgIpc) is 3.09. The largest absolute Gasteiger partial charge is 0.456 e. The first-order valence-electron chi connectivity index (χ1n) is 8.29. The summed E-state index contributed by atoms with van der Waals surface area (Å²) < 4.78 is 5.41. The van der Waals surface area contributed by atoms with Gasteiger partial charge in [0.25, 0.3) is 5.91 Å². The van der Waals surface area contributed by atoms with E-state index >= 15 is 0 Å². The van der Waals surface area contributed by atoms with Gasteiger partial charge < -0.3 is 10.1 Å². The fourth-order valence-electron chi connectivity index (χ4n) is 2.24. The van der Waals surface area contributed by atoms with Gasteiger partial charge >= 0.3 is 5.97 Å². The van der Waals surface area contributed by atoms with Crippen molar-refractivity contribution in [3.05, 3.63) is 57.2 Å². The third-order valence-corrected chi connectivity index (χ3v) is 4.85. The van der Waals surface area contributed by atoms with E-state index in [-0.39, 0.29) is 31.1 Å². The van der Waals surface area contributed by atoms with Crippen molar-refractivity contribution in [2.75, 3.05) is 13.2 Å². The Morgan fingerprint density at radius 3 is 2.50 bits per heavy atom. The van der Waals surface area contributed by atoms with Crippen LogP contribution in [0.5, 0.6) is 0 Å². The van der Waals surface area contributed by atoms with Gasteiger partial charge in [-0.25, -0.2) is 0 Å². The van der Waals surface area contributed by atoms with Crippen LogP contribution in [-0.4, -0.2) is 30.8 Å². The summed E-state index contributed by atoms with van der Waals surface area (Å²) in [6.45, 7) is 0.187. The second-order valence-electron chi connectivity index (χ2n) is 5.63. The molecule has 7 heteroatoms. The van der Waals surface area contributed by atoms with Crippen molar-refractivity contribution >= 4 is 40.6 Å². The Kier molecular flexibility index (Phi) is 8.31. The van der Waals surface area contributed by atoms with E-state index in [9.17, 15) is 14.4 Å². The summed E-state index contributed by atoms with van der Waals surface area (Å²) in [4.78, 5) is 35.6. The van der Waals surface area contributed by atoms with Crippen LogP contribution < -0.4 is 5.32 Å². The van der Waals surface area contributed by atoms with E-state index < -0.39 is 5.97 Å². The lowest BCUT2D eigenvalue weighted by Crippen LogP contribution is -2.29. The average molecular weight is 394 g/mol. The first kappa shape index (κ1) is 20.1. The minimum atomic E-state index is -0.569. The van der Waals surface area contributed by atoms with E-state index in [1.165, 1.54) is 16.9 Å². The second-order valence-corrected chi connectivity index (χ2v) is 7.34. The standard InChI is InChI=1S/C19H20ClNO4S/c20-17-10-9-16(26-17)15(22)8-11-19(24)25-13-18(23)21-12-4-7-14-5-2-1-3-6-14/h1-3,5-6,9-10H,4,7-8,11-13H2,(H,21,23). The quantitative estimate of drug-likeness (QED) is 0.380. The van der Waals surface area contributed by atoms with E-state index in [1.807, 2.05) is 30.3 Å². The predicted octanol–water partition coefficient (Wildman–Crippen LogP) is 3.66. The smallest absolute Gasteiger partial charge is 0.306 e. The van der Waals surface area contributed by atoms with Crippen LogP contribution in [0.15, 0.2) is 42.5 Å². The minimum absolute atomic E-state index is 0.0361. The van der Waals surface area contributed by atoms with E-state index in [2.05, 4.69) is 5.32 Å². The molecule has 0 unspecified atom stereocenters. The molecule has 1 aromatic carbocycles. The molecule has 0 spiro atoms. The molecule has 0 aliphatic rings. The van der Waals surface area contributed by atoms with Crippen LogP contribution in [0.4, 0.5) is 0 Å². The lowest BCUT2D eigenvalue weighted by Gasteiger charge is -2.06. The molecule has 0 bridgehead atoms. The summed E-state index contributed by atoms with van der Waals surface area (Å²) in [5, 5.41) is 2.71. The molecule has 1 amide bonds. The fourth-order valence-corrected chi connectivity index (χ4v) is 3.25. The highest BCUT2D eigenvalue weighted by Crippen LogP contribution is 2.22. The number of benzene rings is 1. The van der Waals surface area contributed by atoms with Gasteiger partial charge in [-0.15, -0.1) is 11.3 Å². The van der Waals surface area contributed by atoms with Crippen LogP contribution in [0, 0.1) is 0 Å². The number of ether oxygens (including phenoxy) is 1. The number of hydrogen-bond donors (Lipinski definition) is 1. The zero-order chi connectivity index (χ0) is 18.8. The molecular formula is C19H20ClNO4S. The van der Waals surface area contributed by atoms with Gasteiger partial charge in [-0.1, -0.05) is 41.9 Å². The summed E-state index contributed by atoms with van der Waals surface area (Å²) in [5.41, 5.74) is 1.21. The van der Waals surface area contributed by atoms with Crippen molar-refractivity contribution in [3.8, 4) is 0 Å². The number of aryl methyl sites for hydroxylation is 1. The Hall–Kier alpha value is -2.18. The maximum Gasteiger partial charge on any atom is 0.306 e. The van der Waals surface area contributed by atoms with Gasteiger partial charge in [-0.05, 0) is 30.5 Å². The maximum absolute atomic E-state index is 11.9. The Balaban J connectivity index is 1.55.